The Hall–Kier alpha value is -2.50. The Morgan fingerprint density at radius 1 is 1.24 bits per heavy atom. The van der Waals surface area contributed by atoms with E-state index in [0.29, 0.717) is 25.1 Å². The van der Waals surface area contributed by atoms with E-state index in [2.05, 4.69) is 21.0 Å². The molecule has 0 aliphatic carbocycles. The first-order chi connectivity index (χ1) is 11.8. The van der Waals surface area contributed by atoms with E-state index in [-0.39, 0.29) is 13.0 Å². The standard InChI is InChI=1S/C12H21N5O3.C2H5NO2/c13-4-2-1-3-10(12(19)20)17-11(18)9(14)5-8-6-15-7-16-8;3-1-2(4)5/h6-7,9-10H,1-5,13-14H2,(H,15,16)(H,17,18)(H,19,20);1,3H2,(H,4,5). The molecule has 0 spiro atoms. The van der Waals surface area contributed by atoms with E-state index in [1.165, 1.54) is 6.33 Å². The normalized spacial score (nSPS) is 12.4. The number of carbonyl (C=O) groups is 3. The maximum Gasteiger partial charge on any atom is 0.326 e. The van der Waals surface area contributed by atoms with Gasteiger partial charge >= 0.3 is 11.9 Å². The number of aromatic amines is 1. The van der Waals surface area contributed by atoms with Crippen LogP contribution in [0.5, 0.6) is 0 Å². The summed E-state index contributed by atoms with van der Waals surface area (Å²) in [5.41, 5.74) is 16.3. The average molecular weight is 358 g/mol. The van der Waals surface area contributed by atoms with Crippen LogP contribution in [0.2, 0.25) is 0 Å². The fourth-order valence-corrected chi connectivity index (χ4v) is 1.75. The Labute approximate surface area is 145 Å². The minimum Gasteiger partial charge on any atom is -0.480 e. The van der Waals surface area contributed by atoms with Crippen molar-refractivity contribution in [3.63, 3.8) is 0 Å². The minimum absolute atomic E-state index is 0.254. The molecule has 1 aromatic heterocycles. The second kappa shape index (κ2) is 12.9. The molecule has 2 atom stereocenters. The third kappa shape index (κ3) is 10.8. The highest BCUT2D eigenvalue weighted by Crippen LogP contribution is 2.02. The van der Waals surface area contributed by atoms with Crippen LogP contribution in [0.15, 0.2) is 12.5 Å². The molecule has 1 heterocycles. The van der Waals surface area contributed by atoms with Crippen LogP contribution in [0.3, 0.4) is 0 Å². The molecule has 0 bridgehead atoms. The highest BCUT2D eigenvalue weighted by molar-refractivity contribution is 5.86. The molecule has 142 valence electrons. The third-order valence-electron chi connectivity index (χ3n) is 3.06. The number of unbranched alkanes of at least 4 members (excludes halogenated alkanes) is 1. The van der Waals surface area contributed by atoms with Crippen molar-refractivity contribution in [1.29, 1.82) is 0 Å². The summed E-state index contributed by atoms with van der Waals surface area (Å²) < 4.78 is 0. The molecule has 1 aromatic rings. The first-order valence-electron chi connectivity index (χ1n) is 7.70. The van der Waals surface area contributed by atoms with Crippen molar-refractivity contribution >= 4 is 17.8 Å². The summed E-state index contributed by atoms with van der Waals surface area (Å²) in [6.45, 7) is 0.221. The number of hydrogen-bond acceptors (Lipinski definition) is 7. The van der Waals surface area contributed by atoms with Gasteiger partial charge in [0.05, 0.1) is 24.6 Å². The number of amides is 1. The molecule has 25 heavy (non-hydrogen) atoms. The predicted molar refractivity (Wildman–Crippen MR) is 89.4 cm³/mol. The lowest BCUT2D eigenvalue weighted by Gasteiger charge is -2.17. The highest BCUT2D eigenvalue weighted by atomic mass is 16.4. The van der Waals surface area contributed by atoms with Gasteiger partial charge in [0.15, 0.2) is 0 Å². The van der Waals surface area contributed by atoms with Crippen LogP contribution in [0, 0.1) is 0 Å². The van der Waals surface area contributed by atoms with Crippen molar-refractivity contribution in [2.75, 3.05) is 13.1 Å². The Morgan fingerprint density at radius 3 is 2.32 bits per heavy atom. The molecule has 11 nitrogen and oxygen atoms in total. The highest BCUT2D eigenvalue weighted by Gasteiger charge is 2.23. The number of aromatic nitrogens is 2. The molecule has 0 radical (unpaired) electrons. The molecule has 10 N–H and O–H groups in total. The van der Waals surface area contributed by atoms with Crippen molar-refractivity contribution in [2.24, 2.45) is 17.2 Å². The first-order valence-corrected chi connectivity index (χ1v) is 7.70. The number of carbonyl (C=O) groups excluding carboxylic acids is 1. The molecule has 2 unspecified atom stereocenters. The fraction of sp³-hybridized carbons (Fsp3) is 0.571. The Bertz CT molecular complexity index is 522. The van der Waals surface area contributed by atoms with Gasteiger partial charge in [0.25, 0.3) is 0 Å². The number of aliphatic carboxylic acids is 2. The lowest BCUT2D eigenvalue weighted by Crippen LogP contribution is -2.49. The van der Waals surface area contributed by atoms with Gasteiger partial charge in [-0.1, -0.05) is 0 Å². The van der Waals surface area contributed by atoms with Gasteiger partial charge < -0.3 is 37.7 Å². The average Bonchev–Trinajstić information content (AvgIpc) is 3.07. The van der Waals surface area contributed by atoms with Crippen LogP contribution in [-0.4, -0.2) is 63.2 Å². The maximum absolute atomic E-state index is 11.9. The zero-order valence-corrected chi connectivity index (χ0v) is 13.9. The van der Waals surface area contributed by atoms with Crippen molar-refractivity contribution in [3.8, 4) is 0 Å². The maximum atomic E-state index is 11.9. The van der Waals surface area contributed by atoms with Gasteiger partial charge in [-0.3, -0.25) is 9.59 Å². The molecule has 0 aliphatic heterocycles. The van der Waals surface area contributed by atoms with E-state index < -0.39 is 29.9 Å². The van der Waals surface area contributed by atoms with E-state index >= 15 is 0 Å². The largest absolute Gasteiger partial charge is 0.480 e. The number of nitrogens with one attached hydrogen (secondary N) is 2. The number of nitrogens with two attached hydrogens (primary N) is 3. The Balaban J connectivity index is 0.00000101. The van der Waals surface area contributed by atoms with E-state index in [4.69, 9.17) is 21.7 Å². The molecule has 0 fully saturated rings. The van der Waals surface area contributed by atoms with Crippen LogP contribution in [-0.2, 0) is 20.8 Å². The predicted octanol–water partition coefficient (Wildman–Crippen LogP) is -1.99. The number of rotatable bonds is 10. The molecule has 0 aliphatic rings. The van der Waals surface area contributed by atoms with Gasteiger partial charge in [0, 0.05) is 12.6 Å². The van der Waals surface area contributed by atoms with Gasteiger partial charge in [-0.2, -0.15) is 0 Å². The van der Waals surface area contributed by atoms with E-state index in [1.807, 2.05) is 0 Å². The summed E-state index contributed by atoms with van der Waals surface area (Å²) in [6.07, 6.45) is 5.09. The van der Waals surface area contributed by atoms with E-state index in [1.54, 1.807) is 6.20 Å². The molecule has 0 saturated carbocycles. The zero-order valence-electron chi connectivity index (χ0n) is 13.9. The van der Waals surface area contributed by atoms with E-state index in [0.717, 1.165) is 6.42 Å². The number of imidazole rings is 1. The Morgan fingerprint density at radius 2 is 1.88 bits per heavy atom. The number of H-pyrrole nitrogens is 1. The van der Waals surface area contributed by atoms with Crippen LogP contribution in [0.1, 0.15) is 25.0 Å². The van der Waals surface area contributed by atoms with Gasteiger partial charge in [-0.05, 0) is 25.8 Å². The van der Waals surface area contributed by atoms with Crippen LogP contribution >= 0.6 is 0 Å². The first kappa shape index (κ1) is 22.5. The summed E-state index contributed by atoms with van der Waals surface area (Å²) in [5.74, 6) is -2.53. The summed E-state index contributed by atoms with van der Waals surface area (Å²) in [4.78, 5) is 38.9. The number of nitrogens with zero attached hydrogens (tertiary/aromatic N) is 1. The van der Waals surface area contributed by atoms with Crippen LogP contribution in [0.4, 0.5) is 0 Å². The van der Waals surface area contributed by atoms with Gasteiger partial charge in [0.1, 0.15) is 6.04 Å². The van der Waals surface area contributed by atoms with Crippen LogP contribution < -0.4 is 22.5 Å². The zero-order chi connectivity index (χ0) is 19.2. The monoisotopic (exact) mass is 358 g/mol. The van der Waals surface area contributed by atoms with Gasteiger partial charge in [0.2, 0.25) is 5.91 Å². The summed E-state index contributed by atoms with van der Waals surface area (Å²) >= 11 is 0. The number of carboxylic acids is 2. The minimum atomic E-state index is -1.07. The topological polar surface area (TPSA) is 210 Å². The van der Waals surface area contributed by atoms with Crippen molar-refractivity contribution < 1.29 is 24.6 Å². The molecule has 1 rings (SSSR count). The molecule has 1 amide bonds. The molecule has 0 aromatic carbocycles. The quantitative estimate of drug-likeness (QED) is 0.230. The van der Waals surface area contributed by atoms with Gasteiger partial charge in [-0.25, -0.2) is 9.78 Å². The number of carboxylic acid groups (broad SMARTS) is 2. The lowest BCUT2D eigenvalue weighted by atomic mass is 10.1. The van der Waals surface area contributed by atoms with Crippen molar-refractivity contribution in [1.82, 2.24) is 15.3 Å². The van der Waals surface area contributed by atoms with Gasteiger partial charge in [-0.15, -0.1) is 0 Å². The molecular weight excluding hydrogens is 332 g/mol. The Kier molecular flexibility index (Phi) is 11.6. The fourth-order valence-electron chi connectivity index (χ4n) is 1.75. The summed E-state index contributed by atoms with van der Waals surface area (Å²) in [6, 6.07) is -1.76. The second-order valence-corrected chi connectivity index (χ2v) is 5.15. The van der Waals surface area contributed by atoms with Crippen molar-refractivity contribution in [2.45, 2.75) is 37.8 Å². The van der Waals surface area contributed by atoms with Crippen molar-refractivity contribution in [3.05, 3.63) is 18.2 Å². The summed E-state index contributed by atoms with van der Waals surface area (Å²) in [7, 11) is 0. The van der Waals surface area contributed by atoms with E-state index in [9.17, 15) is 14.4 Å². The molecule has 11 heteroatoms. The van der Waals surface area contributed by atoms with Crippen LogP contribution in [0.25, 0.3) is 0 Å². The molecule has 0 saturated heterocycles. The second-order valence-electron chi connectivity index (χ2n) is 5.15. The lowest BCUT2D eigenvalue weighted by molar-refractivity contribution is -0.142. The summed E-state index contributed by atoms with van der Waals surface area (Å²) in [5, 5.41) is 19.1. The third-order valence-corrected chi connectivity index (χ3v) is 3.06. The number of hydrogen-bond donors (Lipinski definition) is 7. The molecular formula is C14H26N6O5. The SMILES string of the molecule is NCC(=O)O.NCCCCC(NC(=O)C(N)Cc1c[nH]cn1)C(=O)O. The smallest absolute Gasteiger partial charge is 0.326 e.